The van der Waals surface area contributed by atoms with E-state index in [9.17, 15) is 4.79 Å². The second kappa shape index (κ2) is 5.75. The smallest absolute Gasteiger partial charge is 0.289 e. The lowest BCUT2D eigenvalue weighted by molar-refractivity contribution is -0.123. The van der Waals surface area contributed by atoms with Crippen molar-refractivity contribution in [2.24, 2.45) is 0 Å². The van der Waals surface area contributed by atoms with Crippen LogP contribution in [0.15, 0.2) is 12.0 Å². The Hall–Kier alpha value is -1.23. The molecule has 2 aliphatic heterocycles. The van der Waals surface area contributed by atoms with Crippen molar-refractivity contribution >= 4 is 5.91 Å². The summed E-state index contributed by atoms with van der Waals surface area (Å²) in [5.74, 6) is 0.115. The largest absolute Gasteiger partial charge is 0.494 e. The van der Waals surface area contributed by atoms with E-state index in [0.29, 0.717) is 13.2 Å². The van der Waals surface area contributed by atoms with Crippen molar-refractivity contribution in [3.63, 3.8) is 0 Å². The molecule has 0 spiro atoms. The van der Waals surface area contributed by atoms with E-state index in [-0.39, 0.29) is 17.7 Å². The van der Waals surface area contributed by atoms with Gasteiger partial charge < -0.3 is 20.1 Å². The van der Waals surface area contributed by atoms with Crippen LogP contribution in [0.2, 0.25) is 0 Å². The van der Waals surface area contributed by atoms with Crippen LogP contribution in [-0.2, 0) is 14.3 Å². The molecule has 2 rings (SSSR count). The summed E-state index contributed by atoms with van der Waals surface area (Å²) >= 11 is 0. The van der Waals surface area contributed by atoms with Gasteiger partial charge in [-0.05, 0) is 19.4 Å². The van der Waals surface area contributed by atoms with Crippen molar-refractivity contribution in [2.75, 3.05) is 26.3 Å². The van der Waals surface area contributed by atoms with Crippen molar-refractivity contribution in [1.82, 2.24) is 10.6 Å². The molecule has 1 atom stereocenters. The van der Waals surface area contributed by atoms with Gasteiger partial charge in [-0.3, -0.25) is 4.79 Å². The molecule has 90 valence electrons. The van der Waals surface area contributed by atoms with Gasteiger partial charge in [0.1, 0.15) is 19.5 Å². The summed E-state index contributed by atoms with van der Waals surface area (Å²) < 4.78 is 10.3. The Balaban J connectivity index is 1.83. The first-order chi connectivity index (χ1) is 7.86. The molecule has 2 aliphatic rings. The predicted octanol–water partition coefficient (Wildman–Crippen LogP) is 0.133. The molecular weight excluding hydrogens is 208 g/mol. The number of rotatable bonds is 2. The molecule has 1 fully saturated rings. The number of carbonyl (C=O) groups is 1. The highest BCUT2D eigenvalue weighted by molar-refractivity contribution is 5.91. The van der Waals surface area contributed by atoms with E-state index in [0.717, 1.165) is 25.9 Å². The zero-order valence-corrected chi connectivity index (χ0v) is 9.33. The van der Waals surface area contributed by atoms with E-state index in [2.05, 4.69) is 10.6 Å². The fourth-order valence-electron chi connectivity index (χ4n) is 1.89. The van der Waals surface area contributed by atoms with Gasteiger partial charge in [-0.25, -0.2) is 0 Å². The van der Waals surface area contributed by atoms with Gasteiger partial charge in [-0.2, -0.15) is 0 Å². The molecule has 5 nitrogen and oxygen atoms in total. The summed E-state index contributed by atoms with van der Waals surface area (Å²) in [5, 5.41) is 6.25. The highest BCUT2D eigenvalue weighted by atomic mass is 16.6. The molecule has 2 N–H and O–H groups in total. The van der Waals surface area contributed by atoms with Crippen molar-refractivity contribution in [1.29, 1.82) is 0 Å². The third-order valence-electron chi connectivity index (χ3n) is 2.76. The lowest BCUT2D eigenvalue weighted by Gasteiger charge is -2.19. The quantitative estimate of drug-likeness (QED) is 0.703. The third-order valence-corrected chi connectivity index (χ3v) is 2.76. The van der Waals surface area contributed by atoms with Gasteiger partial charge in [-0.1, -0.05) is 6.42 Å². The molecule has 0 saturated carbocycles. The maximum atomic E-state index is 11.8. The van der Waals surface area contributed by atoms with Gasteiger partial charge in [0, 0.05) is 12.6 Å². The van der Waals surface area contributed by atoms with Crippen molar-refractivity contribution < 1.29 is 14.3 Å². The second-order valence-electron chi connectivity index (χ2n) is 4.07. The number of amides is 1. The van der Waals surface area contributed by atoms with Gasteiger partial charge in [0.2, 0.25) is 5.76 Å². The topological polar surface area (TPSA) is 59.6 Å². The minimum atomic E-state index is -0.173. The Morgan fingerprint density at radius 3 is 3.19 bits per heavy atom. The van der Waals surface area contributed by atoms with E-state index in [1.807, 2.05) is 0 Å². The fraction of sp³-hybridized carbons (Fsp3) is 0.727. The second-order valence-corrected chi connectivity index (χ2v) is 4.07. The van der Waals surface area contributed by atoms with E-state index < -0.39 is 0 Å². The van der Waals surface area contributed by atoms with Crippen LogP contribution in [0.1, 0.15) is 19.3 Å². The number of carbonyl (C=O) groups excluding carboxylic acids is 1. The van der Waals surface area contributed by atoms with Crippen LogP contribution in [0.5, 0.6) is 0 Å². The fourth-order valence-corrected chi connectivity index (χ4v) is 1.89. The molecule has 1 amide bonds. The van der Waals surface area contributed by atoms with Crippen LogP contribution >= 0.6 is 0 Å². The van der Waals surface area contributed by atoms with E-state index in [1.54, 1.807) is 0 Å². The Bertz CT molecular complexity index is 270. The molecule has 1 unspecified atom stereocenters. The Morgan fingerprint density at radius 2 is 2.38 bits per heavy atom. The first-order valence-electron chi connectivity index (χ1n) is 5.82. The standard InChI is InChI=1S/C11H18N2O3/c14-11(10-8-15-5-6-16-10)13-9-3-1-2-4-12-7-9/h8-9,12H,1-7H2,(H,13,14). The first kappa shape index (κ1) is 11.3. The van der Waals surface area contributed by atoms with Crippen LogP contribution in [-0.4, -0.2) is 38.3 Å². The van der Waals surface area contributed by atoms with Gasteiger partial charge in [0.05, 0.1) is 0 Å². The van der Waals surface area contributed by atoms with Crippen LogP contribution in [0.4, 0.5) is 0 Å². The first-order valence-corrected chi connectivity index (χ1v) is 5.82. The number of hydrogen-bond donors (Lipinski definition) is 2. The summed E-state index contributed by atoms with van der Waals surface area (Å²) in [4.78, 5) is 11.8. The zero-order chi connectivity index (χ0) is 11.2. The highest BCUT2D eigenvalue weighted by Crippen LogP contribution is 2.08. The van der Waals surface area contributed by atoms with Crippen molar-refractivity contribution in [3.05, 3.63) is 12.0 Å². The number of hydrogen-bond acceptors (Lipinski definition) is 4. The summed E-state index contributed by atoms with van der Waals surface area (Å²) in [6, 6.07) is 0.196. The molecule has 0 aliphatic carbocycles. The Morgan fingerprint density at radius 1 is 1.44 bits per heavy atom. The zero-order valence-electron chi connectivity index (χ0n) is 9.33. The van der Waals surface area contributed by atoms with E-state index in [1.165, 1.54) is 12.7 Å². The third kappa shape index (κ3) is 3.13. The monoisotopic (exact) mass is 226 g/mol. The minimum absolute atomic E-state index is 0.173. The maximum Gasteiger partial charge on any atom is 0.289 e. The SMILES string of the molecule is O=C(NC1CCCCNC1)C1=COCCO1. The lowest BCUT2D eigenvalue weighted by atomic mass is 10.1. The van der Waals surface area contributed by atoms with Gasteiger partial charge >= 0.3 is 0 Å². The van der Waals surface area contributed by atoms with Crippen LogP contribution in [0, 0.1) is 0 Å². The van der Waals surface area contributed by atoms with Gasteiger partial charge in [0.25, 0.3) is 5.91 Å². The molecule has 1 saturated heterocycles. The Kier molecular flexibility index (Phi) is 4.04. The van der Waals surface area contributed by atoms with Crippen LogP contribution in [0.25, 0.3) is 0 Å². The molecule has 0 radical (unpaired) electrons. The molecule has 0 aromatic heterocycles. The summed E-state index contributed by atoms with van der Waals surface area (Å²) in [6.45, 7) is 2.83. The van der Waals surface area contributed by atoms with E-state index >= 15 is 0 Å². The molecule has 0 aromatic rings. The predicted molar refractivity (Wildman–Crippen MR) is 58.6 cm³/mol. The van der Waals surface area contributed by atoms with Crippen molar-refractivity contribution in [2.45, 2.75) is 25.3 Å². The van der Waals surface area contributed by atoms with E-state index in [4.69, 9.17) is 9.47 Å². The Labute approximate surface area is 95.2 Å². The summed E-state index contributed by atoms with van der Waals surface area (Å²) in [7, 11) is 0. The lowest BCUT2D eigenvalue weighted by Crippen LogP contribution is -2.42. The molecular formula is C11H18N2O3. The maximum absolute atomic E-state index is 11.8. The van der Waals surface area contributed by atoms with Crippen LogP contribution < -0.4 is 10.6 Å². The minimum Gasteiger partial charge on any atom is -0.494 e. The molecule has 0 bridgehead atoms. The highest BCUT2D eigenvalue weighted by Gasteiger charge is 2.19. The summed E-state index contributed by atoms with van der Waals surface area (Å²) in [6.07, 6.45) is 4.73. The average molecular weight is 226 g/mol. The van der Waals surface area contributed by atoms with Crippen LogP contribution in [0.3, 0.4) is 0 Å². The molecule has 0 aromatic carbocycles. The van der Waals surface area contributed by atoms with Gasteiger partial charge in [-0.15, -0.1) is 0 Å². The summed E-state index contributed by atoms with van der Waals surface area (Å²) in [5.41, 5.74) is 0. The normalized spacial score (nSPS) is 25.8. The number of ether oxygens (including phenoxy) is 2. The van der Waals surface area contributed by atoms with Crippen molar-refractivity contribution in [3.8, 4) is 0 Å². The molecule has 16 heavy (non-hydrogen) atoms. The molecule has 5 heteroatoms. The molecule has 2 heterocycles. The van der Waals surface area contributed by atoms with Gasteiger partial charge in [0.15, 0.2) is 0 Å². The number of nitrogens with one attached hydrogen (secondary N) is 2. The average Bonchev–Trinajstić information content (AvgIpc) is 2.59.